The van der Waals surface area contributed by atoms with Crippen molar-refractivity contribution in [3.05, 3.63) is 35.4 Å². The van der Waals surface area contributed by atoms with E-state index in [4.69, 9.17) is 0 Å². The van der Waals surface area contributed by atoms with Crippen molar-refractivity contribution >= 4 is 0 Å². The van der Waals surface area contributed by atoms with Gasteiger partial charge in [-0.25, -0.2) is 8.78 Å². The maximum Gasteiger partial charge on any atom is 0.126 e. The molecule has 0 aromatic heterocycles. The van der Waals surface area contributed by atoms with Crippen molar-refractivity contribution in [3.8, 4) is 0 Å². The second kappa shape index (κ2) is 5.58. The number of hydrogen-bond donors (Lipinski definition) is 1. The molecule has 3 heteroatoms. The third-order valence-corrected chi connectivity index (χ3v) is 4.30. The monoisotopic (exact) mass is 267 g/mol. The summed E-state index contributed by atoms with van der Waals surface area (Å²) in [6.45, 7) is 7.43. The SMILES string of the molecule is CC(C)C(C)(CNC1CC1)Cc1cc(F)cc(F)c1. The molecule has 0 aliphatic heterocycles. The number of rotatable bonds is 6. The highest BCUT2D eigenvalue weighted by Crippen LogP contribution is 2.32. The molecule has 1 saturated carbocycles. The molecule has 1 aliphatic carbocycles. The van der Waals surface area contributed by atoms with E-state index in [1.165, 1.54) is 25.0 Å². The van der Waals surface area contributed by atoms with E-state index in [9.17, 15) is 8.78 Å². The van der Waals surface area contributed by atoms with Crippen LogP contribution in [0, 0.1) is 23.0 Å². The highest BCUT2D eigenvalue weighted by molar-refractivity contribution is 5.19. The summed E-state index contributed by atoms with van der Waals surface area (Å²) in [5, 5.41) is 3.54. The average molecular weight is 267 g/mol. The topological polar surface area (TPSA) is 12.0 Å². The third-order valence-electron chi connectivity index (χ3n) is 4.30. The summed E-state index contributed by atoms with van der Waals surface area (Å²) in [4.78, 5) is 0. The summed E-state index contributed by atoms with van der Waals surface area (Å²) < 4.78 is 26.5. The molecule has 106 valence electrons. The van der Waals surface area contributed by atoms with E-state index in [-0.39, 0.29) is 5.41 Å². The normalized spacial score (nSPS) is 18.6. The highest BCUT2D eigenvalue weighted by Gasteiger charge is 2.31. The summed E-state index contributed by atoms with van der Waals surface area (Å²) in [7, 11) is 0. The molecule has 1 aromatic carbocycles. The molecule has 1 fully saturated rings. The van der Waals surface area contributed by atoms with E-state index < -0.39 is 11.6 Å². The summed E-state index contributed by atoms with van der Waals surface area (Å²) in [6, 6.07) is 4.47. The first-order valence-corrected chi connectivity index (χ1v) is 7.07. The van der Waals surface area contributed by atoms with Gasteiger partial charge in [0.05, 0.1) is 0 Å². The zero-order chi connectivity index (χ0) is 14.0. The summed E-state index contributed by atoms with van der Waals surface area (Å²) in [6.07, 6.45) is 3.20. The van der Waals surface area contributed by atoms with Gasteiger partial charge in [-0.1, -0.05) is 20.8 Å². The van der Waals surface area contributed by atoms with Crippen LogP contribution in [-0.2, 0) is 6.42 Å². The predicted octanol–water partition coefficient (Wildman–Crippen LogP) is 3.92. The molecule has 0 bridgehead atoms. The molecule has 1 nitrogen and oxygen atoms in total. The molecule has 1 unspecified atom stereocenters. The van der Waals surface area contributed by atoms with Crippen LogP contribution in [0.5, 0.6) is 0 Å². The minimum absolute atomic E-state index is 0.0167. The van der Waals surface area contributed by atoms with Crippen LogP contribution in [-0.4, -0.2) is 12.6 Å². The molecule has 1 atom stereocenters. The molecular formula is C16H23F2N. The molecule has 0 saturated heterocycles. The first kappa shape index (κ1) is 14.4. The van der Waals surface area contributed by atoms with Gasteiger partial charge in [0, 0.05) is 18.7 Å². The summed E-state index contributed by atoms with van der Waals surface area (Å²) in [5.74, 6) is -0.530. The second-order valence-electron chi connectivity index (χ2n) is 6.42. The molecule has 1 aliphatic rings. The Morgan fingerprint density at radius 3 is 2.26 bits per heavy atom. The molecular weight excluding hydrogens is 244 g/mol. The molecule has 19 heavy (non-hydrogen) atoms. The van der Waals surface area contributed by atoms with E-state index in [0.29, 0.717) is 18.4 Å². The molecule has 1 N–H and O–H groups in total. The molecule has 0 heterocycles. The Kier molecular flexibility index (Phi) is 4.24. The molecule has 0 amide bonds. The van der Waals surface area contributed by atoms with Crippen LogP contribution >= 0.6 is 0 Å². The van der Waals surface area contributed by atoms with Gasteiger partial charge in [0.25, 0.3) is 0 Å². The first-order chi connectivity index (χ1) is 8.89. The smallest absolute Gasteiger partial charge is 0.126 e. The van der Waals surface area contributed by atoms with Crippen molar-refractivity contribution in [1.29, 1.82) is 0 Å². The lowest BCUT2D eigenvalue weighted by atomic mass is 9.74. The van der Waals surface area contributed by atoms with Gasteiger partial charge in [0.1, 0.15) is 11.6 Å². The lowest BCUT2D eigenvalue weighted by Gasteiger charge is -2.34. The van der Waals surface area contributed by atoms with E-state index >= 15 is 0 Å². The Bertz CT molecular complexity index is 420. The van der Waals surface area contributed by atoms with Crippen molar-refractivity contribution in [3.63, 3.8) is 0 Å². The minimum Gasteiger partial charge on any atom is -0.313 e. The van der Waals surface area contributed by atoms with Crippen LogP contribution in [0.3, 0.4) is 0 Å². The Hall–Kier alpha value is -0.960. The fourth-order valence-corrected chi connectivity index (χ4v) is 2.32. The van der Waals surface area contributed by atoms with Gasteiger partial charge in [0.15, 0.2) is 0 Å². The fraction of sp³-hybridized carbons (Fsp3) is 0.625. The summed E-state index contributed by atoms with van der Waals surface area (Å²) in [5.41, 5.74) is 0.759. The van der Waals surface area contributed by atoms with Crippen molar-refractivity contribution in [1.82, 2.24) is 5.32 Å². The van der Waals surface area contributed by atoms with Gasteiger partial charge in [0.2, 0.25) is 0 Å². The summed E-state index contributed by atoms with van der Waals surface area (Å²) >= 11 is 0. The van der Waals surface area contributed by atoms with Gasteiger partial charge in [-0.15, -0.1) is 0 Å². The quantitative estimate of drug-likeness (QED) is 0.823. The zero-order valence-corrected chi connectivity index (χ0v) is 12.0. The second-order valence-corrected chi connectivity index (χ2v) is 6.42. The van der Waals surface area contributed by atoms with Gasteiger partial charge in [-0.3, -0.25) is 0 Å². The van der Waals surface area contributed by atoms with Gasteiger partial charge < -0.3 is 5.32 Å². The first-order valence-electron chi connectivity index (χ1n) is 7.07. The van der Waals surface area contributed by atoms with Crippen LogP contribution in [0.4, 0.5) is 8.78 Å². The maximum atomic E-state index is 13.3. The molecule has 0 radical (unpaired) electrons. The van der Waals surface area contributed by atoms with Gasteiger partial charge >= 0.3 is 0 Å². The van der Waals surface area contributed by atoms with Crippen LogP contribution in [0.1, 0.15) is 39.2 Å². The standard InChI is InChI=1S/C16H23F2N/c1-11(2)16(3,10-19-15-4-5-15)9-12-6-13(17)8-14(18)7-12/h6-8,11,15,19H,4-5,9-10H2,1-3H3. The van der Waals surface area contributed by atoms with Crippen molar-refractivity contribution < 1.29 is 8.78 Å². The van der Waals surface area contributed by atoms with Crippen LogP contribution in [0.25, 0.3) is 0 Å². The number of benzene rings is 1. The lowest BCUT2D eigenvalue weighted by molar-refractivity contribution is 0.206. The molecule has 0 spiro atoms. The lowest BCUT2D eigenvalue weighted by Crippen LogP contribution is -2.38. The average Bonchev–Trinajstić information content (AvgIpc) is 3.08. The van der Waals surface area contributed by atoms with Gasteiger partial charge in [-0.2, -0.15) is 0 Å². The number of halogens is 2. The Morgan fingerprint density at radius 1 is 1.21 bits per heavy atom. The van der Waals surface area contributed by atoms with Crippen LogP contribution in [0.15, 0.2) is 18.2 Å². The Balaban J connectivity index is 2.09. The van der Waals surface area contributed by atoms with E-state index in [0.717, 1.165) is 18.2 Å². The Labute approximate surface area is 114 Å². The number of nitrogens with one attached hydrogen (secondary N) is 1. The Morgan fingerprint density at radius 2 is 1.79 bits per heavy atom. The fourth-order valence-electron chi connectivity index (χ4n) is 2.32. The third kappa shape index (κ3) is 4.00. The molecule has 2 rings (SSSR count). The van der Waals surface area contributed by atoms with Gasteiger partial charge in [-0.05, 0) is 48.3 Å². The molecule has 1 aromatic rings. The van der Waals surface area contributed by atoms with E-state index in [1.807, 2.05) is 0 Å². The minimum atomic E-state index is -0.490. The van der Waals surface area contributed by atoms with Crippen LogP contribution in [0.2, 0.25) is 0 Å². The van der Waals surface area contributed by atoms with Crippen molar-refractivity contribution in [2.24, 2.45) is 11.3 Å². The predicted molar refractivity (Wildman–Crippen MR) is 74.0 cm³/mol. The highest BCUT2D eigenvalue weighted by atomic mass is 19.1. The number of hydrogen-bond acceptors (Lipinski definition) is 1. The maximum absolute atomic E-state index is 13.3. The van der Waals surface area contributed by atoms with E-state index in [1.54, 1.807) is 0 Å². The van der Waals surface area contributed by atoms with Crippen LogP contribution < -0.4 is 5.32 Å². The zero-order valence-electron chi connectivity index (χ0n) is 12.0. The van der Waals surface area contributed by atoms with E-state index in [2.05, 4.69) is 26.1 Å². The van der Waals surface area contributed by atoms with Crippen molar-refractivity contribution in [2.45, 2.75) is 46.1 Å². The van der Waals surface area contributed by atoms with Crippen molar-refractivity contribution in [2.75, 3.05) is 6.54 Å². The largest absolute Gasteiger partial charge is 0.313 e.